The van der Waals surface area contributed by atoms with E-state index in [9.17, 15) is 14.4 Å². The second kappa shape index (κ2) is 6.43. The first-order valence-corrected chi connectivity index (χ1v) is 11.2. The van der Waals surface area contributed by atoms with Crippen LogP contribution >= 0.6 is 0 Å². The molecule has 9 heteroatoms. The zero-order valence-corrected chi connectivity index (χ0v) is 19.6. The molecule has 2 aliphatic heterocycles. The molecule has 0 bridgehead atoms. The number of carbonyl (C=O) groups excluding carboxylic acids is 3. The first-order chi connectivity index (χ1) is 16.2. The highest BCUT2D eigenvalue weighted by Gasteiger charge is 2.71. The largest absolute Gasteiger partial charge is 0.493 e. The maximum Gasteiger partial charge on any atom is 0.274 e. The van der Waals surface area contributed by atoms with Crippen molar-refractivity contribution in [2.45, 2.75) is 25.8 Å². The molecule has 34 heavy (non-hydrogen) atoms. The van der Waals surface area contributed by atoms with E-state index in [4.69, 9.17) is 14.2 Å². The molecule has 2 atom stereocenters. The van der Waals surface area contributed by atoms with Gasteiger partial charge in [0, 0.05) is 34.7 Å². The number of ether oxygens (including phenoxy) is 3. The van der Waals surface area contributed by atoms with E-state index in [1.54, 1.807) is 30.9 Å². The van der Waals surface area contributed by atoms with Crippen LogP contribution in [0.15, 0.2) is 35.2 Å². The number of hydrogen-bond acceptors (Lipinski definition) is 7. The summed E-state index contributed by atoms with van der Waals surface area (Å²) in [6, 6.07) is 3.51. The molecule has 1 saturated carbocycles. The van der Waals surface area contributed by atoms with Crippen LogP contribution in [-0.2, 0) is 9.59 Å². The first-order valence-electron chi connectivity index (χ1n) is 11.2. The Labute approximate surface area is 195 Å². The van der Waals surface area contributed by atoms with Crippen molar-refractivity contribution < 1.29 is 28.6 Å². The molecule has 2 aromatic rings. The van der Waals surface area contributed by atoms with Crippen LogP contribution in [0.1, 0.15) is 30.8 Å². The summed E-state index contributed by atoms with van der Waals surface area (Å²) >= 11 is 0. The minimum Gasteiger partial charge on any atom is -0.493 e. The van der Waals surface area contributed by atoms with Gasteiger partial charge in [-0.1, -0.05) is 0 Å². The summed E-state index contributed by atoms with van der Waals surface area (Å²) in [6.45, 7) is 4.03. The molecule has 176 valence electrons. The average molecular weight is 463 g/mol. The number of aromatic amines is 1. The van der Waals surface area contributed by atoms with Crippen LogP contribution in [0.4, 0.5) is 0 Å². The molecule has 1 saturated heterocycles. The summed E-state index contributed by atoms with van der Waals surface area (Å²) in [5, 5.41) is 3.84. The average Bonchev–Trinajstić information content (AvgIpc) is 3.07. The third-order valence-electron chi connectivity index (χ3n) is 7.59. The van der Waals surface area contributed by atoms with E-state index in [1.165, 1.54) is 27.4 Å². The van der Waals surface area contributed by atoms with Gasteiger partial charge in [0.15, 0.2) is 17.3 Å². The van der Waals surface area contributed by atoms with E-state index < -0.39 is 11.0 Å². The zero-order chi connectivity index (χ0) is 24.2. The second-order valence-electron chi connectivity index (χ2n) is 9.80. The van der Waals surface area contributed by atoms with Gasteiger partial charge in [-0.2, -0.15) is 0 Å². The Balaban J connectivity index is 1.41. The number of fused-ring (bicyclic) bond motifs is 1. The molecule has 1 unspecified atom stereocenters. The lowest BCUT2D eigenvalue weighted by Crippen LogP contribution is -2.41. The number of ketones is 2. The lowest BCUT2D eigenvalue weighted by atomic mass is 9.80. The number of carbonyl (C=O) groups is 3. The van der Waals surface area contributed by atoms with Gasteiger partial charge in [0.2, 0.25) is 11.5 Å². The highest BCUT2D eigenvalue weighted by molar-refractivity contribution is 6.20. The standard InChI is InChI=1S/C25H25N3O6/c1-24(2)22(30)17-19(27-24)14(29)8-16-25(17)9-12(25)10-28(16)23(31)13-6-11-7-15(32-3)20(33-4)21(34-5)18(11)26-13/h6-8,12,26-27H,9-10H2,1-5H3/t12-,25?/m1/s1. The summed E-state index contributed by atoms with van der Waals surface area (Å²) in [5.74, 6) is 0.891. The number of piperidine rings is 1. The van der Waals surface area contributed by atoms with Gasteiger partial charge < -0.3 is 29.4 Å². The third-order valence-corrected chi connectivity index (χ3v) is 7.59. The predicted molar refractivity (Wildman–Crippen MR) is 122 cm³/mol. The van der Waals surface area contributed by atoms with Gasteiger partial charge in [0.05, 0.1) is 38.1 Å². The normalized spacial score (nSPS) is 26.1. The topological polar surface area (TPSA) is 110 Å². The first kappa shape index (κ1) is 20.8. The number of allylic oxidation sites excluding steroid dienone is 2. The molecule has 2 aliphatic carbocycles. The van der Waals surface area contributed by atoms with Crippen LogP contribution in [-0.4, -0.2) is 60.8 Å². The smallest absolute Gasteiger partial charge is 0.274 e. The molecule has 0 radical (unpaired) electrons. The maximum absolute atomic E-state index is 13.7. The maximum atomic E-state index is 13.7. The van der Waals surface area contributed by atoms with Gasteiger partial charge in [-0.3, -0.25) is 14.4 Å². The number of benzene rings is 1. The van der Waals surface area contributed by atoms with Gasteiger partial charge in [0.1, 0.15) is 5.69 Å². The van der Waals surface area contributed by atoms with Crippen LogP contribution in [0.2, 0.25) is 0 Å². The van der Waals surface area contributed by atoms with E-state index in [1.807, 2.05) is 0 Å². The van der Waals surface area contributed by atoms with E-state index in [0.29, 0.717) is 52.0 Å². The molecule has 4 aliphatic rings. The highest BCUT2D eigenvalue weighted by Crippen LogP contribution is 2.70. The minimum absolute atomic E-state index is 0.0622. The van der Waals surface area contributed by atoms with Crippen molar-refractivity contribution in [2.24, 2.45) is 11.3 Å². The van der Waals surface area contributed by atoms with Crippen LogP contribution in [0.3, 0.4) is 0 Å². The van der Waals surface area contributed by atoms with E-state index in [-0.39, 0.29) is 23.4 Å². The summed E-state index contributed by atoms with van der Waals surface area (Å²) in [4.78, 5) is 44.6. The Kier molecular flexibility index (Phi) is 3.94. The molecule has 2 N–H and O–H groups in total. The summed E-state index contributed by atoms with van der Waals surface area (Å²) in [5.41, 5.74) is 1.16. The quantitative estimate of drug-likeness (QED) is 0.716. The number of Topliss-reactive ketones (excluding diaryl/α,β-unsaturated/α-hetero) is 1. The van der Waals surface area contributed by atoms with E-state index >= 15 is 0 Å². The van der Waals surface area contributed by atoms with E-state index in [0.717, 1.165) is 11.8 Å². The fourth-order valence-electron chi connectivity index (χ4n) is 5.93. The Morgan fingerprint density at radius 3 is 2.50 bits per heavy atom. The molecule has 1 aromatic heterocycles. The molecular weight excluding hydrogens is 438 g/mol. The van der Waals surface area contributed by atoms with Crippen LogP contribution in [0.5, 0.6) is 17.2 Å². The number of hydrogen-bond donors (Lipinski definition) is 2. The molecule has 1 aromatic carbocycles. The van der Waals surface area contributed by atoms with Crippen molar-refractivity contribution in [1.82, 2.24) is 15.2 Å². The molecule has 9 nitrogen and oxygen atoms in total. The molecular formula is C25H25N3O6. The molecule has 1 amide bonds. The number of nitrogens with one attached hydrogen (secondary N) is 2. The number of methoxy groups -OCH3 is 3. The third kappa shape index (κ3) is 2.36. The number of amides is 1. The Morgan fingerprint density at radius 2 is 1.82 bits per heavy atom. The van der Waals surface area contributed by atoms with Gasteiger partial charge in [-0.15, -0.1) is 0 Å². The van der Waals surface area contributed by atoms with Crippen molar-refractivity contribution >= 4 is 28.4 Å². The van der Waals surface area contributed by atoms with Gasteiger partial charge in [-0.05, 0) is 38.3 Å². The number of H-pyrrole nitrogens is 1. The molecule has 2 fully saturated rings. The van der Waals surface area contributed by atoms with Crippen LogP contribution in [0.25, 0.3) is 10.9 Å². The fraction of sp³-hybridized carbons (Fsp3) is 0.400. The SMILES string of the molecule is COc1cc2cc(C(=O)N3C[C@H]4CC45C3=CC(=O)C3=C5C(=O)C(C)(C)N3)[nH]c2c(OC)c1OC. The summed E-state index contributed by atoms with van der Waals surface area (Å²) < 4.78 is 16.4. The van der Waals surface area contributed by atoms with Crippen LogP contribution in [0, 0.1) is 11.3 Å². The summed E-state index contributed by atoms with van der Waals surface area (Å²) in [6.07, 6.45) is 2.30. The van der Waals surface area contributed by atoms with Crippen LogP contribution < -0.4 is 19.5 Å². The van der Waals surface area contributed by atoms with Crippen molar-refractivity contribution in [3.63, 3.8) is 0 Å². The molecule has 6 rings (SSSR count). The van der Waals surface area contributed by atoms with Crippen molar-refractivity contribution in [3.8, 4) is 17.2 Å². The fourth-order valence-corrected chi connectivity index (χ4v) is 5.93. The monoisotopic (exact) mass is 463 g/mol. The number of aromatic nitrogens is 1. The molecule has 1 spiro atoms. The van der Waals surface area contributed by atoms with Gasteiger partial charge >= 0.3 is 0 Å². The minimum atomic E-state index is -0.825. The lowest BCUT2D eigenvalue weighted by molar-refractivity contribution is -0.119. The highest BCUT2D eigenvalue weighted by atomic mass is 16.5. The number of nitrogens with zero attached hydrogens (tertiary/aromatic N) is 1. The predicted octanol–water partition coefficient (Wildman–Crippen LogP) is 2.33. The summed E-state index contributed by atoms with van der Waals surface area (Å²) in [7, 11) is 4.58. The Hall–Kier alpha value is -3.75. The van der Waals surface area contributed by atoms with Gasteiger partial charge in [0.25, 0.3) is 5.91 Å². The Bertz CT molecular complexity index is 1400. The second-order valence-corrected chi connectivity index (χ2v) is 9.80. The van der Waals surface area contributed by atoms with Crippen molar-refractivity contribution in [2.75, 3.05) is 27.9 Å². The zero-order valence-electron chi connectivity index (χ0n) is 19.6. The Morgan fingerprint density at radius 1 is 1.09 bits per heavy atom. The van der Waals surface area contributed by atoms with Crippen molar-refractivity contribution in [3.05, 3.63) is 40.9 Å². The number of likely N-dealkylation sites (tertiary alicyclic amines) is 1. The number of rotatable bonds is 4. The van der Waals surface area contributed by atoms with Gasteiger partial charge in [-0.25, -0.2) is 0 Å². The lowest BCUT2D eigenvalue weighted by Gasteiger charge is -2.28. The molecule has 3 heterocycles. The van der Waals surface area contributed by atoms with Crippen molar-refractivity contribution in [1.29, 1.82) is 0 Å². The van der Waals surface area contributed by atoms with E-state index in [2.05, 4.69) is 10.3 Å².